The minimum Gasteiger partial charge on any atom is -0.410 e. The van der Waals surface area contributed by atoms with Crippen LogP contribution in [0.15, 0.2) is 48.5 Å². The number of carbonyl (C=O) groups is 2. The van der Waals surface area contributed by atoms with Gasteiger partial charge in [0, 0.05) is 68.0 Å². The van der Waals surface area contributed by atoms with E-state index < -0.39 is 40.9 Å². The lowest BCUT2D eigenvalue weighted by atomic mass is 9.53. The predicted molar refractivity (Wildman–Crippen MR) is 243 cm³/mol. The Labute approximate surface area is 390 Å². The largest absolute Gasteiger partial charge is 0.412 e. The molecule has 4 atom stereocenters. The Morgan fingerprint density at radius 3 is 1.38 bits per heavy atom. The summed E-state index contributed by atoms with van der Waals surface area (Å²) in [6.07, 6.45) is 20.4. The molecule has 8 bridgehead atoms. The van der Waals surface area contributed by atoms with Crippen molar-refractivity contribution in [2.24, 2.45) is 53.1 Å². The molecule has 66 heavy (non-hydrogen) atoms. The molecule has 2 heterocycles. The molecule has 14 rings (SSSR count). The molecule has 12 fully saturated rings. The smallest absolute Gasteiger partial charge is 0.410 e. The van der Waals surface area contributed by atoms with Crippen LogP contribution in [0.25, 0.3) is 0 Å². The van der Waals surface area contributed by atoms with E-state index in [1.807, 2.05) is 57.2 Å². The van der Waals surface area contributed by atoms with Crippen LogP contribution >= 0.6 is 0 Å². The highest BCUT2D eigenvalue weighted by atomic mass is 17.3. The Morgan fingerprint density at radius 2 is 1.00 bits per heavy atom. The molecule has 2 aromatic carbocycles. The summed E-state index contributed by atoms with van der Waals surface area (Å²) in [5.41, 5.74) is 7.88. The number of amides is 2. The van der Waals surface area contributed by atoms with Gasteiger partial charge in [-0.1, -0.05) is 31.2 Å². The van der Waals surface area contributed by atoms with Crippen LogP contribution in [0.2, 0.25) is 0 Å². The summed E-state index contributed by atoms with van der Waals surface area (Å²) in [5.74, 6) is 4.91. The third-order valence-electron chi connectivity index (χ3n) is 17.6. The van der Waals surface area contributed by atoms with Crippen LogP contribution < -0.4 is 25.8 Å². The molecule has 12 aliphatic rings. The average Bonchev–Trinajstić information content (AvgIpc) is 3.85. The van der Waals surface area contributed by atoms with E-state index in [2.05, 4.69) is 22.8 Å². The number of ether oxygens (including phenoxy) is 4. The molecule has 2 aromatic rings. The van der Waals surface area contributed by atoms with Gasteiger partial charge in [0.05, 0.1) is 0 Å². The van der Waals surface area contributed by atoms with E-state index in [9.17, 15) is 9.59 Å². The van der Waals surface area contributed by atoms with Crippen LogP contribution in [0.1, 0.15) is 166 Å². The molecule has 2 aliphatic heterocycles. The number of nitrogens with one attached hydrogen (secondary N) is 2. The lowest BCUT2D eigenvalue weighted by Crippen LogP contribution is -2.59. The fourth-order valence-electron chi connectivity index (χ4n) is 14.9. The number of carbonyl (C=O) groups excluding carboxylic acids is 2. The van der Waals surface area contributed by atoms with Gasteiger partial charge in [0.1, 0.15) is 11.5 Å². The van der Waals surface area contributed by atoms with Gasteiger partial charge in [-0.25, -0.2) is 9.59 Å². The van der Waals surface area contributed by atoms with E-state index in [-0.39, 0.29) is 0 Å². The van der Waals surface area contributed by atoms with Crippen molar-refractivity contribution in [1.29, 1.82) is 0 Å². The highest BCUT2D eigenvalue weighted by Crippen LogP contribution is 2.66. The maximum atomic E-state index is 12.0. The van der Waals surface area contributed by atoms with Gasteiger partial charge in [0.2, 0.25) is 23.1 Å². The maximum Gasteiger partial charge on any atom is 0.412 e. The van der Waals surface area contributed by atoms with Gasteiger partial charge < -0.3 is 35.3 Å². The number of hydrogen-bond donors (Lipinski definition) is 3. The third kappa shape index (κ3) is 8.81. The number of rotatable bonds is 8. The molecular weight excluding hydrogens is 839 g/mol. The van der Waals surface area contributed by atoms with Crippen LogP contribution in [-0.4, -0.2) is 54.0 Å². The molecule has 0 aromatic heterocycles. The van der Waals surface area contributed by atoms with Crippen molar-refractivity contribution in [3.63, 3.8) is 0 Å². The summed E-state index contributed by atoms with van der Waals surface area (Å²) in [5, 5.41) is 5.43. The Hall–Kier alpha value is -3.30. The quantitative estimate of drug-likeness (QED) is 0.217. The zero-order chi connectivity index (χ0) is 45.3. The van der Waals surface area contributed by atoms with Crippen LogP contribution in [0.5, 0.6) is 11.5 Å². The average molecular weight is 912 g/mol. The number of hydrogen-bond acceptors (Lipinski definition) is 11. The van der Waals surface area contributed by atoms with Crippen molar-refractivity contribution in [3.05, 3.63) is 59.7 Å². The number of nitrogens with two attached hydrogens (primary N) is 1. The van der Waals surface area contributed by atoms with E-state index in [4.69, 9.17) is 44.2 Å². The Balaban J connectivity index is 0.000000146. The first-order valence-corrected chi connectivity index (χ1v) is 25.8. The fraction of sp³-hybridized carbons (Fsp3) is 0.736. The van der Waals surface area contributed by atoms with Crippen molar-refractivity contribution in [2.45, 2.75) is 183 Å². The molecular formula is C53H73N3O10. The topological polar surface area (TPSA) is 158 Å². The molecule has 4 spiro atoms. The minimum absolute atomic E-state index is 0.324. The Kier molecular flexibility index (Phi) is 12.0. The third-order valence-corrected chi connectivity index (χ3v) is 17.6. The minimum atomic E-state index is -0.637. The molecule has 4 N–H and O–H groups in total. The van der Waals surface area contributed by atoms with Crippen molar-refractivity contribution in [1.82, 2.24) is 10.6 Å². The molecule has 0 radical (unpaired) electrons. The summed E-state index contributed by atoms with van der Waals surface area (Å²) in [6.45, 7) is 6.69. The van der Waals surface area contributed by atoms with E-state index in [1.165, 1.54) is 75.3 Å². The highest BCUT2D eigenvalue weighted by Gasteiger charge is 2.68. The molecule has 0 unspecified atom stereocenters. The van der Waals surface area contributed by atoms with Crippen LogP contribution in [-0.2, 0) is 29.0 Å². The molecule has 2 amide bonds. The van der Waals surface area contributed by atoms with Crippen molar-refractivity contribution >= 4 is 12.2 Å². The zero-order valence-corrected chi connectivity index (χ0v) is 39.4. The lowest BCUT2D eigenvalue weighted by Gasteiger charge is -2.57. The van der Waals surface area contributed by atoms with Gasteiger partial charge in [0.25, 0.3) is 0 Å². The molecule has 13 heteroatoms. The summed E-state index contributed by atoms with van der Waals surface area (Å²) < 4.78 is 24.6. The van der Waals surface area contributed by atoms with E-state index >= 15 is 0 Å². The van der Waals surface area contributed by atoms with Crippen molar-refractivity contribution in [2.75, 3.05) is 13.1 Å². The van der Waals surface area contributed by atoms with Crippen molar-refractivity contribution < 1.29 is 48.1 Å². The molecule has 10 aliphatic carbocycles. The second kappa shape index (κ2) is 17.6. The molecule has 10 saturated carbocycles. The van der Waals surface area contributed by atoms with Crippen LogP contribution in [0.4, 0.5) is 9.59 Å². The normalized spacial score (nSPS) is 41.3. The zero-order valence-electron chi connectivity index (χ0n) is 39.4. The second-order valence-electron chi connectivity index (χ2n) is 23.2. The van der Waals surface area contributed by atoms with E-state index in [1.54, 1.807) is 0 Å². The summed E-state index contributed by atoms with van der Waals surface area (Å²) in [4.78, 5) is 48.5. The first kappa shape index (κ1) is 45.2. The highest BCUT2D eigenvalue weighted by molar-refractivity contribution is 5.70. The standard InChI is InChI=1S/C27H38N2O5.C26H35NO5/c1-25(2,28)16-29-24(30)31-23-7-5-19(6-8-23)20-4-3-9-26(15-20)32-27(34-33-26)21-11-17-10-18(13-21)14-22(27)12-17;1-2-10-27-24(28)29-23-7-5-19(6-8-23)20-4-3-9-25(16-20)30-26(32-31-25)21-12-17-11-18(14-21)15-22(26)13-17/h5-8,17-18,20-22H,3-4,9-16,28H2,1-2H3,(H,29,30);5-8,17-18,20-22H,2-4,9-16H2,1H3,(H,27,28)/t17?,18?,20-,21?,22?,26-,27?;17?,18?,20-,21?,22?,25-,26?/m11/s1. The maximum absolute atomic E-state index is 12.0. The van der Waals surface area contributed by atoms with Gasteiger partial charge >= 0.3 is 12.2 Å². The molecule has 2 saturated heterocycles. The van der Waals surface area contributed by atoms with Gasteiger partial charge in [0.15, 0.2) is 0 Å². The monoisotopic (exact) mass is 912 g/mol. The summed E-state index contributed by atoms with van der Waals surface area (Å²) in [6, 6.07) is 15.7. The van der Waals surface area contributed by atoms with E-state index in [0.29, 0.717) is 60.1 Å². The first-order valence-electron chi connectivity index (χ1n) is 25.8. The fourth-order valence-corrected chi connectivity index (χ4v) is 14.9. The van der Waals surface area contributed by atoms with Crippen LogP contribution in [0.3, 0.4) is 0 Å². The summed E-state index contributed by atoms with van der Waals surface area (Å²) >= 11 is 0. The molecule has 13 nitrogen and oxygen atoms in total. The summed E-state index contributed by atoms with van der Waals surface area (Å²) in [7, 11) is 0. The second-order valence-corrected chi connectivity index (χ2v) is 23.2. The van der Waals surface area contributed by atoms with Gasteiger partial charge in [-0.05, 0) is 181 Å². The van der Waals surface area contributed by atoms with Gasteiger partial charge in [-0.2, -0.15) is 19.6 Å². The Bertz CT molecular complexity index is 2020. The Morgan fingerprint density at radius 1 is 0.606 bits per heavy atom. The SMILES string of the molecule is CC(C)(N)CNC(=O)Oc1ccc([C@@H]2CCC[C@]3(C2)OOC2(O3)C3CC4CC(C3)CC2C4)cc1.CCCNC(=O)Oc1ccc([C@@H]2CCC[C@]3(C2)OOC2(O3)C3CC4CC(C3)CC2C4)cc1. The van der Waals surface area contributed by atoms with Crippen molar-refractivity contribution in [3.8, 4) is 11.5 Å². The molecule has 360 valence electrons. The lowest BCUT2D eigenvalue weighted by molar-refractivity contribution is -0.390. The number of benzene rings is 2. The van der Waals surface area contributed by atoms with Gasteiger partial charge in [-0.15, -0.1) is 0 Å². The first-order chi connectivity index (χ1) is 31.8. The van der Waals surface area contributed by atoms with Crippen LogP contribution in [0, 0.1) is 47.3 Å². The van der Waals surface area contributed by atoms with E-state index in [0.717, 1.165) is 81.5 Å². The van der Waals surface area contributed by atoms with Gasteiger partial charge in [-0.3, -0.25) is 0 Å². The predicted octanol–water partition coefficient (Wildman–Crippen LogP) is 10.7.